The number of sulfonamides is 1. The molecule has 24 heavy (non-hydrogen) atoms. The molecule has 1 aliphatic rings. The molecule has 2 rings (SSSR count). The highest BCUT2D eigenvalue weighted by molar-refractivity contribution is 7.89. The van der Waals surface area contributed by atoms with Gasteiger partial charge in [-0.15, -0.1) is 0 Å². The van der Waals surface area contributed by atoms with E-state index in [0.29, 0.717) is 12.8 Å². The second-order valence-electron chi connectivity index (χ2n) is 7.90. The number of nitrogens with one attached hydrogen (secondary N) is 1. The lowest BCUT2D eigenvalue weighted by atomic mass is 9.66. The number of hydrogen-bond acceptors (Lipinski definition) is 3. The molecular formula is C19H30N2O2S. The summed E-state index contributed by atoms with van der Waals surface area (Å²) in [5.74, 6) is -1.99. The van der Waals surface area contributed by atoms with E-state index in [1.54, 1.807) is 26.0 Å². The number of rotatable bonds is 3. The summed E-state index contributed by atoms with van der Waals surface area (Å²) in [7, 11) is -3.82. The molecule has 0 spiro atoms. The third-order valence-corrected chi connectivity index (χ3v) is 5.97. The molecule has 1 saturated carbocycles. The van der Waals surface area contributed by atoms with Crippen molar-refractivity contribution in [2.45, 2.75) is 59.3 Å². The Balaban J connectivity index is 2.33. The van der Waals surface area contributed by atoms with Gasteiger partial charge in [0.05, 0.1) is 4.90 Å². The molecule has 1 N–H and O–H groups in total. The highest BCUT2D eigenvalue weighted by atomic mass is 32.2. The summed E-state index contributed by atoms with van der Waals surface area (Å²) in [6.07, 6.45) is 1.10. The summed E-state index contributed by atoms with van der Waals surface area (Å²) in [6, 6.07) is 6.49. The Kier molecular flexibility index (Phi) is 4.61. The summed E-state index contributed by atoms with van der Waals surface area (Å²) in [4.78, 5) is 2.37. The average Bonchev–Trinajstić information content (AvgIpc) is 2.44. The van der Waals surface area contributed by atoms with Crippen LogP contribution in [0.5, 0.6) is 0 Å². The number of nitrogens with zero attached hydrogens (tertiary/aromatic N) is 1. The van der Waals surface area contributed by atoms with E-state index < -0.39 is 21.8 Å². The van der Waals surface area contributed by atoms with Crippen molar-refractivity contribution in [3.8, 4) is 0 Å². The van der Waals surface area contributed by atoms with Crippen molar-refractivity contribution in [2.75, 3.05) is 0 Å². The SMILES string of the molecule is [2H][C@]1(C)CC(C(C)(C)C)C[C@]([2H])(C)C1=NNS(=O)(=O)c1ccc(C)cc1. The van der Waals surface area contributed by atoms with Gasteiger partial charge in [0.25, 0.3) is 10.0 Å². The van der Waals surface area contributed by atoms with Gasteiger partial charge in [0.1, 0.15) is 0 Å². The van der Waals surface area contributed by atoms with Crippen LogP contribution in [0.2, 0.25) is 0 Å². The summed E-state index contributed by atoms with van der Waals surface area (Å²) in [5.41, 5.74) is 1.21. The van der Waals surface area contributed by atoms with E-state index in [1.807, 2.05) is 6.92 Å². The maximum absolute atomic E-state index is 12.5. The molecule has 0 bridgehead atoms. The molecular weight excluding hydrogens is 320 g/mol. The van der Waals surface area contributed by atoms with Crippen LogP contribution in [0.25, 0.3) is 0 Å². The van der Waals surface area contributed by atoms with E-state index in [0.717, 1.165) is 5.56 Å². The van der Waals surface area contributed by atoms with E-state index in [1.165, 1.54) is 12.1 Å². The van der Waals surface area contributed by atoms with Crippen LogP contribution < -0.4 is 4.83 Å². The summed E-state index contributed by atoms with van der Waals surface area (Å²) >= 11 is 0. The lowest BCUT2D eigenvalue weighted by Gasteiger charge is -2.40. The topological polar surface area (TPSA) is 58.5 Å². The summed E-state index contributed by atoms with van der Waals surface area (Å²) < 4.78 is 42.4. The lowest BCUT2D eigenvalue weighted by Crippen LogP contribution is -2.37. The van der Waals surface area contributed by atoms with Crippen LogP contribution in [-0.2, 0) is 10.0 Å². The number of hydrogen-bond donors (Lipinski definition) is 1. The molecule has 1 aliphatic carbocycles. The van der Waals surface area contributed by atoms with Crippen molar-refractivity contribution in [3.05, 3.63) is 29.8 Å². The molecule has 134 valence electrons. The van der Waals surface area contributed by atoms with Crippen molar-refractivity contribution in [1.82, 2.24) is 4.83 Å². The third kappa shape index (κ3) is 4.38. The van der Waals surface area contributed by atoms with E-state index >= 15 is 0 Å². The fourth-order valence-electron chi connectivity index (χ4n) is 3.05. The van der Waals surface area contributed by atoms with E-state index in [-0.39, 0.29) is 21.9 Å². The van der Waals surface area contributed by atoms with Gasteiger partial charge in [-0.05, 0) is 55.0 Å². The van der Waals surface area contributed by atoms with Crippen LogP contribution in [0.3, 0.4) is 0 Å². The number of benzene rings is 1. The second kappa shape index (κ2) is 6.87. The molecule has 0 amide bonds. The van der Waals surface area contributed by atoms with Crippen molar-refractivity contribution in [2.24, 2.45) is 28.2 Å². The molecule has 1 aromatic rings. The van der Waals surface area contributed by atoms with E-state index in [4.69, 9.17) is 2.74 Å². The Bertz CT molecular complexity index is 772. The van der Waals surface area contributed by atoms with Crippen LogP contribution in [0, 0.1) is 30.0 Å². The molecule has 0 heterocycles. The lowest BCUT2D eigenvalue weighted by molar-refractivity contribution is 0.172. The largest absolute Gasteiger partial charge is 0.276 e. The average molecular weight is 353 g/mol. The first-order chi connectivity index (χ1) is 11.7. The second-order valence-corrected chi connectivity index (χ2v) is 9.56. The van der Waals surface area contributed by atoms with Gasteiger partial charge in [-0.3, -0.25) is 0 Å². The molecule has 4 nitrogen and oxygen atoms in total. The summed E-state index contributed by atoms with van der Waals surface area (Å²) in [5, 5.41) is 4.08. The van der Waals surface area contributed by atoms with Gasteiger partial charge in [0.2, 0.25) is 0 Å². The van der Waals surface area contributed by atoms with Gasteiger partial charge in [-0.2, -0.15) is 13.5 Å². The predicted octanol–water partition coefficient (Wildman–Crippen LogP) is 4.36. The maximum Gasteiger partial charge on any atom is 0.276 e. The zero-order valence-electron chi connectivity index (χ0n) is 17.5. The van der Waals surface area contributed by atoms with Crippen molar-refractivity contribution < 1.29 is 11.2 Å². The monoisotopic (exact) mass is 352 g/mol. The first kappa shape index (κ1) is 16.1. The molecule has 0 saturated heterocycles. The molecule has 0 radical (unpaired) electrons. The Labute approximate surface area is 149 Å². The maximum atomic E-state index is 12.5. The number of aryl methyl sites for hydroxylation is 1. The Hall–Kier alpha value is -1.36. The predicted molar refractivity (Wildman–Crippen MR) is 99.4 cm³/mol. The molecule has 1 aromatic carbocycles. The highest BCUT2D eigenvalue weighted by Crippen LogP contribution is 2.41. The van der Waals surface area contributed by atoms with Crippen LogP contribution in [0.1, 0.15) is 55.8 Å². The molecule has 0 unspecified atom stereocenters. The van der Waals surface area contributed by atoms with Crippen LogP contribution >= 0.6 is 0 Å². The minimum atomic E-state index is -3.82. The quantitative estimate of drug-likeness (QED) is 0.822. The third-order valence-electron chi connectivity index (χ3n) is 4.75. The van der Waals surface area contributed by atoms with Gasteiger partial charge < -0.3 is 0 Å². The minimum absolute atomic E-state index is 0.0163. The van der Waals surface area contributed by atoms with Gasteiger partial charge in [-0.25, -0.2) is 4.83 Å². The van der Waals surface area contributed by atoms with E-state index in [9.17, 15) is 8.42 Å². The molecule has 0 aromatic heterocycles. The van der Waals surface area contributed by atoms with E-state index in [2.05, 4.69) is 30.7 Å². The van der Waals surface area contributed by atoms with Gasteiger partial charge in [0.15, 0.2) is 0 Å². The van der Waals surface area contributed by atoms with Crippen molar-refractivity contribution in [3.63, 3.8) is 0 Å². The first-order valence-electron chi connectivity index (χ1n) is 9.32. The Morgan fingerprint density at radius 1 is 1.12 bits per heavy atom. The fraction of sp³-hybridized carbons (Fsp3) is 0.632. The molecule has 1 fully saturated rings. The fourth-order valence-corrected chi connectivity index (χ4v) is 3.86. The zero-order chi connectivity index (χ0) is 20.0. The van der Waals surface area contributed by atoms with Crippen LogP contribution in [-0.4, -0.2) is 14.1 Å². The van der Waals surface area contributed by atoms with Gasteiger partial charge in [-0.1, -0.05) is 52.3 Å². The first-order valence-corrected chi connectivity index (χ1v) is 9.81. The van der Waals surface area contributed by atoms with Crippen molar-refractivity contribution >= 4 is 15.7 Å². The highest BCUT2D eigenvalue weighted by Gasteiger charge is 2.36. The zero-order valence-corrected chi connectivity index (χ0v) is 16.3. The van der Waals surface area contributed by atoms with Gasteiger partial charge in [0, 0.05) is 8.45 Å². The minimum Gasteiger partial charge on any atom is -0.200 e. The summed E-state index contributed by atoms with van der Waals surface area (Å²) in [6.45, 7) is 11.7. The molecule has 5 heteroatoms. The standard InChI is InChI=1S/C19H30N2O2S/c1-13-7-9-17(10-8-13)24(22,23)21-20-18-14(2)11-16(12-15(18)3)19(4,5)6/h7-10,14-16,21H,11-12H2,1-6H3/t14-,15-,16?/m0/s1/i14D,15D. The van der Waals surface area contributed by atoms with Crippen molar-refractivity contribution in [1.29, 1.82) is 0 Å². The molecule has 0 aliphatic heterocycles. The number of hydrazone groups is 1. The Morgan fingerprint density at radius 2 is 1.62 bits per heavy atom. The Morgan fingerprint density at radius 3 is 2.08 bits per heavy atom. The molecule has 2 atom stereocenters. The smallest absolute Gasteiger partial charge is 0.200 e. The van der Waals surface area contributed by atoms with Gasteiger partial charge >= 0.3 is 0 Å². The van der Waals surface area contributed by atoms with Crippen LogP contribution in [0.4, 0.5) is 0 Å². The van der Waals surface area contributed by atoms with Crippen LogP contribution in [0.15, 0.2) is 34.3 Å². The normalized spacial score (nSPS) is 32.8.